The molecule has 1 aromatic carbocycles. The van der Waals surface area contributed by atoms with Gasteiger partial charge in [-0.15, -0.1) is 6.58 Å². The van der Waals surface area contributed by atoms with Crippen LogP contribution in [0.1, 0.15) is 29.3 Å². The largest absolute Gasteiger partial charge is 0.493 e. The van der Waals surface area contributed by atoms with E-state index in [9.17, 15) is 4.79 Å². The molecule has 38 heavy (non-hydrogen) atoms. The molecule has 1 saturated heterocycles. The Bertz CT molecular complexity index is 1190. The molecule has 2 heterocycles. The number of benzene rings is 1. The van der Waals surface area contributed by atoms with Crippen molar-refractivity contribution in [3.8, 4) is 5.75 Å². The van der Waals surface area contributed by atoms with Gasteiger partial charge in [-0.3, -0.25) is 20.5 Å². The minimum atomic E-state index is -0.567. The number of rotatable bonds is 11. The number of ether oxygens (including phenoxy) is 1. The van der Waals surface area contributed by atoms with Crippen molar-refractivity contribution in [2.45, 2.75) is 19.4 Å². The number of carbonyl (C=O) groups excluding carboxylic acids is 1. The fraction of sp³-hybridized carbons (Fsp3) is 0.321. The van der Waals surface area contributed by atoms with Crippen LogP contribution in [0.5, 0.6) is 5.75 Å². The Morgan fingerprint density at radius 1 is 1.37 bits per heavy atom. The number of piperazine rings is 1. The Morgan fingerprint density at radius 2 is 2.16 bits per heavy atom. The summed E-state index contributed by atoms with van der Waals surface area (Å²) < 4.78 is 21.1. The Balaban J connectivity index is 1.91. The standard InChI is InChI=1S/C28H36FN7O2/c1-5-12-36(18-30)27(31)23-9-8-10-26(33-23)34-28(37)21-15-20(22(29)16-25(21)38-14-6-2)19(7-3)24-17-35(4)13-11-32-24/h5,7-10,15-16,18,23,30-33H,1,3,6,11-14,17H2,2,4H3,(H,34,37)/b24-19+,30-18?,31-27?. The first-order valence-electron chi connectivity index (χ1n) is 12.5. The maximum atomic E-state index is 15.4. The second-order valence-corrected chi connectivity index (χ2v) is 8.93. The molecule has 0 bridgehead atoms. The van der Waals surface area contributed by atoms with Crippen LogP contribution in [0.15, 0.2) is 67.2 Å². The fourth-order valence-corrected chi connectivity index (χ4v) is 4.14. The van der Waals surface area contributed by atoms with Crippen molar-refractivity contribution in [1.82, 2.24) is 25.8 Å². The minimum absolute atomic E-state index is 0.124. The molecule has 2 aliphatic heterocycles. The summed E-state index contributed by atoms with van der Waals surface area (Å²) in [5.74, 6) is -0.371. The molecule has 1 fully saturated rings. The predicted molar refractivity (Wildman–Crippen MR) is 150 cm³/mol. The van der Waals surface area contributed by atoms with Crippen molar-refractivity contribution >= 4 is 23.7 Å². The van der Waals surface area contributed by atoms with E-state index in [1.54, 1.807) is 30.4 Å². The summed E-state index contributed by atoms with van der Waals surface area (Å²) in [4.78, 5) is 17.0. The summed E-state index contributed by atoms with van der Waals surface area (Å²) in [7, 11) is 1.99. The van der Waals surface area contributed by atoms with E-state index >= 15 is 4.39 Å². The molecule has 2 aliphatic rings. The first-order valence-corrected chi connectivity index (χ1v) is 12.5. The van der Waals surface area contributed by atoms with Crippen molar-refractivity contribution in [3.63, 3.8) is 0 Å². The van der Waals surface area contributed by atoms with E-state index < -0.39 is 17.8 Å². The number of amidine groups is 1. The number of amides is 1. The summed E-state index contributed by atoms with van der Waals surface area (Å²) in [5, 5.41) is 25.2. The van der Waals surface area contributed by atoms with Gasteiger partial charge >= 0.3 is 0 Å². The van der Waals surface area contributed by atoms with E-state index in [1.165, 1.54) is 17.0 Å². The van der Waals surface area contributed by atoms with Crippen LogP contribution in [0, 0.1) is 16.6 Å². The number of hydrogen-bond acceptors (Lipinski definition) is 7. The lowest BCUT2D eigenvalue weighted by atomic mass is 9.98. The lowest BCUT2D eigenvalue weighted by Crippen LogP contribution is -2.47. The van der Waals surface area contributed by atoms with Crippen LogP contribution in [0.2, 0.25) is 0 Å². The highest BCUT2D eigenvalue weighted by Crippen LogP contribution is 2.30. The van der Waals surface area contributed by atoms with Gasteiger partial charge in [0.05, 0.1) is 18.5 Å². The Hall–Kier alpha value is -4.18. The molecule has 1 atom stereocenters. The second kappa shape index (κ2) is 13.4. The molecule has 5 N–H and O–H groups in total. The van der Waals surface area contributed by atoms with Crippen molar-refractivity contribution in [2.24, 2.45) is 0 Å². The van der Waals surface area contributed by atoms with E-state index in [0.29, 0.717) is 37.5 Å². The summed E-state index contributed by atoms with van der Waals surface area (Å²) in [6.45, 7) is 12.3. The van der Waals surface area contributed by atoms with Crippen molar-refractivity contribution < 1.29 is 13.9 Å². The van der Waals surface area contributed by atoms with Crippen LogP contribution in [-0.4, -0.2) is 73.8 Å². The summed E-state index contributed by atoms with van der Waals surface area (Å²) in [6.07, 6.45) is 10.1. The average Bonchev–Trinajstić information content (AvgIpc) is 2.91. The van der Waals surface area contributed by atoms with Gasteiger partial charge in [-0.1, -0.05) is 37.8 Å². The topological polar surface area (TPSA) is 117 Å². The molecule has 0 spiro atoms. The van der Waals surface area contributed by atoms with Gasteiger partial charge in [0.15, 0.2) is 0 Å². The molecule has 1 unspecified atom stereocenters. The van der Waals surface area contributed by atoms with Crippen LogP contribution < -0.4 is 20.7 Å². The van der Waals surface area contributed by atoms with Crippen LogP contribution in [0.4, 0.5) is 4.39 Å². The lowest BCUT2D eigenvalue weighted by molar-refractivity contribution is 0.0958. The molecule has 0 saturated carbocycles. The van der Waals surface area contributed by atoms with E-state index in [0.717, 1.165) is 25.1 Å². The highest BCUT2D eigenvalue weighted by atomic mass is 19.1. The number of dihydropyridines is 1. The maximum absolute atomic E-state index is 15.4. The van der Waals surface area contributed by atoms with Gasteiger partial charge in [0.1, 0.15) is 29.3 Å². The Morgan fingerprint density at radius 3 is 2.82 bits per heavy atom. The van der Waals surface area contributed by atoms with Gasteiger partial charge in [0.25, 0.3) is 5.91 Å². The Kier molecular flexibility index (Phi) is 10.0. The molecular formula is C28H36FN7O2. The number of carbonyl (C=O) groups is 1. The highest BCUT2D eigenvalue weighted by Gasteiger charge is 2.24. The zero-order chi connectivity index (χ0) is 27.7. The smallest absolute Gasteiger partial charge is 0.260 e. The molecule has 1 amide bonds. The first kappa shape index (κ1) is 28.4. The predicted octanol–water partition coefficient (Wildman–Crippen LogP) is 3.22. The maximum Gasteiger partial charge on any atom is 0.260 e. The molecule has 202 valence electrons. The minimum Gasteiger partial charge on any atom is -0.493 e. The van der Waals surface area contributed by atoms with Gasteiger partial charge < -0.3 is 25.6 Å². The van der Waals surface area contributed by atoms with Crippen LogP contribution in [0.25, 0.3) is 5.57 Å². The normalized spacial score (nSPS) is 18.3. The SMILES string of the molecule is C=CCN(C=N)C(=N)C1C=CC=C(NC(=O)c2cc(/C(C=C)=C3\CN(C)CCN3)c(F)cc2OCCC)N1. The molecule has 1 aromatic rings. The van der Waals surface area contributed by atoms with Crippen LogP contribution >= 0.6 is 0 Å². The number of hydrogen-bond donors (Lipinski definition) is 5. The molecule has 0 radical (unpaired) electrons. The monoisotopic (exact) mass is 521 g/mol. The quantitative estimate of drug-likeness (QED) is 0.174. The molecule has 10 heteroatoms. The molecule has 0 aliphatic carbocycles. The second-order valence-electron chi connectivity index (χ2n) is 8.93. The van der Waals surface area contributed by atoms with Gasteiger partial charge in [-0.25, -0.2) is 4.39 Å². The fourth-order valence-electron chi connectivity index (χ4n) is 4.14. The first-order chi connectivity index (χ1) is 18.3. The molecule has 3 rings (SSSR count). The van der Waals surface area contributed by atoms with E-state index in [-0.39, 0.29) is 22.7 Å². The van der Waals surface area contributed by atoms with Crippen molar-refractivity contribution in [2.75, 3.05) is 39.8 Å². The van der Waals surface area contributed by atoms with Gasteiger partial charge in [0, 0.05) is 49.1 Å². The van der Waals surface area contributed by atoms with Gasteiger partial charge in [-0.2, -0.15) is 0 Å². The van der Waals surface area contributed by atoms with Crippen molar-refractivity contribution in [1.29, 1.82) is 10.8 Å². The number of nitrogens with one attached hydrogen (secondary N) is 5. The van der Waals surface area contributed by atoms with E-state index in [4.69, 9.17) is 15.6 Å². The zero-order valence-electron chi connectivity index (χ0n) is 21.9. The number of halogens is 1. The van der Waals surface area contributed by atoms with E-state index in [2.05, 4.69) is 34.0 Å². The summed E-state index contributed by atoms with van der Waals surface area (Å²) in [5.41, 5.74) is 1.85. The van der Waals surface area contributed by atoms with Gasteiger partial charge in [0.2, 0.25) is 0 Å². The third-order valence-electron chi connectivity index (χ3n) is 6.07. The van der Waals surface area contributed by atoms with Crippen LogP contribution in [0.3, 0.4) is 0 Å². The number of nitrogens with zero attached hydrogens (tertiary/aromatic N) is 2. The number of allylic oxidation sites excluding steroid dienone is 4. The highest BCUT2D eigenvalue weighted by molar-refractivity contribution is 6.00. The summed E-state index contributed by atoms with van der Waals surface area (Å²) >= 11 is 0. The summed E-state index contributed by atoms with van der Waals surface area (Å²) in [6, 6.07) is 2.17. The van der Waals surface area contributed by atoms with Crippen LogP contribution in [-0.2, 0) is 0 Å². The zero-order valence-corrected chi connectivity index (χ0v) is 21.9. The molecule has 0 aromatic heterocycles. The third-order valence-corrected chi connectivity index (χ3v) is 6.07. The Labute approximate surface area is 223 Å². The third kappa shape index (κ3) is 6.77. The number of likely N-dealkylation sites (N-methyl/N-ethyl adjacent to an activating group) is 1. The van der Waals surface area contributed by atoms with E-state index in [1.807, 2.05) is 14.0 Å². The van der Waals surface area contributed by atoms with Gasteiger partial charge in [-0.05, 0) is 25.6 Å². The lowest BCUT2D eigenvalue weighted by Gasteiger charge is -2.28. The molecular weight excluding hydrogens is 485 g/mol. The average molecular weight is 522 g/mol. The van der Waals surface area contributed by atoms with Crippen molar-refractivity contribution in [3.05, 3.63) is 84.1 Å². The molecule has 9 nitrogen and oxygen atoms in total.